The zero-order valence-corrected chi connectivity index (χ0v) is 15.4. The molecule has 4 nitrogen and oxygen atoms in total. The van der Waals surface area contributed by atoms with Gasteiger partial charge in [0.25, 0.3) is 0 Å². The van der Waals surface area contributed by atoms with Crippen LogP contribution in [0.4, 0.5) is 0 Å². The molecule has 1 aromatic carbocycles. The molecule has 1 heterocycles. The third-order valence-corrected chi connectivity index (χ3v) is 4.86. The van der Waals surface area contributed by atoms with Crippen LogP contribution < -0.4 is 10.6 Å². The van der Waals surface area contributed by atoms with Gasteiger partial charge in [-0.2, -0.15) is 0 Å². The molecule has 1 aromatic heterocycles. The van der Waals surface area contributed by atoms with Crippen molar-refractivity contribution in [1.82, 2.24) is 15.6 Å². The second-order valence-corrected chi connectivity index (χ2v) is 6.90. The van der Waals surface area contributed by atoms with Gasteiger partial charge in [-0.05, 0) is 32.4 Å². The Labute approximate surface area is 147 Å². The van der Waals surface area contributed by atoms with Crippen molar-refractivity contribution in [2.24, 2.45) is 4.99 Å². The van der Waals surface area contributed by atoms with E-state index in [1.807, 2.05) is 31.2 Å². The first-order chi connectivity index (χ1) is 11.1. The largest absolute Gasteiger partial charge is 0.357 e. The summed E-state index contributed by atoms with van der Waals surface area (Å²) in [7, 11) is 0. The van der Waals surface area contributed by atoms with Crippen molar-refractivity contribution in [1.29, 1.82) is 0 Å². The molecule has 2 N–H and O–H groups in total. The Bertz CT molecular complexity index is 666. The molecule has 0 spiro atoms. The van der Waals surface area contributed by atoms with Gasteiger partial charge in [-0.3, -0.25) is 0 Å². The number of hydrogen-bond acceptors (Lipinski definition) is 3. The average Bonchev–Trinajstić information content (AvgIpc) is 2.84. The molecule has 0 atom stereocenters. The molecule has 0 amide bonds. The van der Waals surface area contributed by atoms with Gasteiger partial charge in [0.1, 0.15) is 0 Å². The number of benzene rings is 1. The fourth-order valence-corrected chi connectivity index (χ4v) is 3.36. The molecule has 0 bridgehead atoms. The number of hydrogen-bond donors (Lipinski definition) is 2. The van der Waals surface area contributed by atoms with Gasteiger partial charge < -0.3 is 10.6 Å². The van der Waals surface area contributed by atoms with E-state index in [1.54, 1.807) is 11.3 Å². The topological polar surface area (TPSA) is 49.3 Å². The normalized spacial score (nSPS) is 11.6. The van der Waals surface area contributed by atoms with Crippen molar-refractivity contribution in [3.63, 3.8) is 0 Å². The van der Waals surface area contributed by atoms with Crippen LogP contribution >= 0.6 is 22.9 Å². The first-order valence-corrected chi connectivity index (χ1v) is 8.98. The van der Waals surface area contributed by atoms with E-state index in [0.29, 0.717) is 6.54 Å². The van der Waals surface area contributed by atoms with E-state index in [9.17, 15) is 0 Å². The number of aryl methyl sites for hydroxylation is 2. The van der Waals surface area contributed by atoms with Gasteiger partial charge in [0.15, 0.2) is 5.96 Å². The molecule has 0 aliphatic carbocycles. The quantitative estimate of drug-likeness (QED) is 0.616. The molecular weight excluding hydrogens is 328 g/mol. The maximum atomic E-state index is 6.17. The molecule has 6 heteroatoms. The number of aromatic nitrogens is 1. The highest BCUT2D eigenvalue weighted by Gasteiger charge is 2.05. The highest BCUT2D eigenvalue weighted by Crippen LogP contribution is 2.17. The van der Waals surface area contributed by atoms with E-state index >= 15 is 0 Å². The maximum absolute atomic E-state index is 6.17. The Morgan fingerprint density at radius 1 is 1.26 bits per heavy atom. The van der Waals surface area contributed by atoms with E-state index in [2.05, 4.69) is 34.5 Å². The van der Waals surface area contributed by atoms with Crippen LogP contribution in [0.3, 0.4) is 0 Å². The molecule has 2 aromatic rings. The van der Waals surface area contributed by atoms with Crippen LogP contribution in [0.2, 0.25) is 5.02 Å². The molecule has 0 unspecified atom stereocenters. The summed E-state index contributed by atoms with van der Waals surface area (Å²) in [5.74, 6) is 0.811. The molecule has 2 rings (SSSR count). The monoisotopic (exact) mass is 350 g/mol. The number of nitrogens with one attached hydrogen (secondary N) is 2. The molecule has 0 saturated heterocycles. The van der Waals surface area contributed by atoms with Gasteiger partial charge in [-0.25, -0.2) is 9.98 Å². The van der Waals surface area contributed by atoms with Crippen molar-refractivity contribution in [3.05, 3.63) is 50.4 Å². The second kappa shape index (κ2) is 8.89. The molecule has 0 radical (unpaired) electrons. The Morgan fingerprint density at radius 3 is 2.70 bits per heavy atom. The lowest BCUT2D eigenvalue weighted by Gasteiger charge is -2.11. The van der Waals surface area contributed by atoms with Crippen molar-refractivity contribution in [3.8, 4) is 0 Å². The standard InChI is InChI=1S/C17H23ClN4S/c1-4-19-17(21-11-14-7-5-6-8-15(14)18)20-10-9-16-12(2)22-13(3)23-16/h5-8H,4,9-11H2,1-3H3,(H2,19,20,21). The third-order valence-electron chi connectivity index (χ3n) is 3.35. The van der Waals surface area contributed by atoms with E-state index in [0.717, 1.165) is 46.8 Å². The zero-order valence-electron chi connectivity index (χ0n) is 13.8. The highest BCUT2D eigenvalue weighted by molar-refractivity contribution is 7.11. The summed E-state index contributed by atoms with van der Waals surface area (Å²) >= 11 is 7.94. The number of halogens is 1. The lowest BCUT2D eigenvalue weighted by molar-refractivity contribution is 0.801. The minimum atomic E-state index is 0.563. The smallest absolute Gasteiger partial charge is 0.191 e. The average molecular weight is 351 g/mol. The highest BCUT2D eigenvalue weighted by atomic mass is 35.5. The van der Waals surface area contributed by atoms with Gasteiger partial charge in [0.2, 0.25) is 0 Å². The van der Waals surface area contributed by atoms with Gasteiger partial charge >= 0.3 is 0 Å². The van der Waals surface area contributed by atoms with Crippen LogP contribution in [0.15, 0.2) is 29.3 Å². The van der Waals surface area contributed by atoms with E-state index in [-0.39, 0.29) is 0 Å². The first-order valence-electron chi connectivity index (χ1n) is 7.78. The van der Waals surface area contributed by atoms with Crippen molar-refractivity contribution in [2.45, 2.75) is 33.7 Å². The summed E-state index contributed by atoms with van der Waals surface area (Å²) in [6.45, 7) is 8.39. The van der Waals surface area contributed by atoms with Crippen LogP contribution in [0.5, 0.6) is 0 Å². The van der Waals surface area contributed by atoms with E-state index in [4.69, 9.17) is 11.6 Å². The lowest BCUT2D eigenvalue weighted by Crippen LogP contribution is -2.38. The predicted molar refractivity (Wildman–Crippen MR) is 99.6 cm³/mol. The summed E-state index contributed by atoms with van der Waals surface area (Å²) in [6.07, 6.45) is 0.952. The number of thiazole rings is 1. The second-order valence-electron chi connectivity index (χ2n) is 5.20. The summed E-state index contributed by atoms with van der Waals surface area (Å²) < 4.78 is 0. The Balaban J connectivity index is 1.91. The van der Waals surface area contributed by atoms with Crippen LogP contribution in [0.1, 0.15) is 28.1 Å². The van der Waals surface area contributed by atoms with Crippen LogP contribution in [0, 0.1) is 13.8 Å². The van der Waals surface area contributed by atoms with E-state index < -0.39 is 0 Å². The number of guanidine groups is 1. The van der Waals surface area contributed by atoms with E-state index in [1.165, 1.54) is 4.88 Å². The zero-order chi connectivity index (χ0) is 16.7. The Hall–Kier alpha value is -1.59. The van der Waals surface area contributed by atoms with Gasteiger partial charge in [-0.15, -0.1) is 11.3 Å². The molecule has 0 aliphatic heterocycles. The lowest BCUT2D eigenvalue weighted by atomic mass is 10.2. The molecule has 124 valence electrons. The van der Waals surface area contributed by atoms with Gasteiger partial charge in [0, 0.05) is 29.4 Å². The summed E-state index contributed by atoms with van der Waals surface area (Å²) in [4.78, 5) is 10.4. The Kier molecular flexibility index (Phi) is 6.86. The maximum Gasteiger partial charge on any atom is 0.191 e. The van der Waals surface area contributed by atoms with Crippen LogP contribution in [-0.2, 0) is 13.0 Å². The molecule has 23 heavy (non-hydrogen) atoms. The Morgan fingerprint density at radius 2 is 2.04 bits per heavy atom. The summed E-state index contributed by atoms with van der Waals surface area (Å²) in [6, 6.07) is 7.80. The van der Waals surface area contributed by atoms with Crippen molar-refractivity contribution >= 4 is 28.9 Å². The molecule has 0 saturated carbocycles. The van der Waals surface area contributed by atoms with Gasteiger partial charge in [0.05, 0.1) is 17.2 Å². The minimum absolute atomic E-state index is 0.563. The minimum Gasteiger partial charge on any atom is -0.357 e. The fourth-order valence-electron chi connectivity index (χ4n) is 2.23. The van der Waals surface area contributed by atoms with Crippen molar-refractivity contribution in [2.75, 3.05) is 13.1 Å². The SMILES string of the molecule is CCNC(=NCc1ccccc1Cl)NCCc1sc(C)nc1C. The summed E-state index contributed by atoms with van der Waals surface area (Å²) in [5, 5.41) is 8.51. The first kappa shape index (κ1) is 17.8. The molecular formula is C17H23ClN4S. The van der Waals surface area contributed by atoms with Gasteiger partial charge in [-0.1, -0.05) is 29.8 Å². The predicted octanol–water partition coefficient (Wildman–Crippen LogP) is 3.71. The number of nitrogens with zero attached hydrogens (tertiary/aromatic N) is 2. The van der Waals surface area contributed by atoms with Crippen LogP contribution in [0.25, 0.3) is 0 Å². The molecule has 0 fully saturated rings. The third kappa shape index (κ3) is 5.52. The van der Waals surface area contributed by atoms with Crippen molar-refractivity contribution < 1.29 is 0 Å². The summed E-state index contributed by atoms with van der Waals surface area (Å²) in [5.41, 5.74) is 2.16. The number of aliphatic imine (C=N–C) groups is 1. The molecule has 0 aliphatic rings. The number of rotatable bonds is 6. The van der Waals surface area contributed by atoms with Crippen LogP contribution in [-0.4, -0.2) is 24.0 Å². The fraction of sp³-hybridized carbons (Fsp3) is 0.412.